The predicted molar refractivity (Wildman–Crippen MR) is 130 cm³/mol. The molecule has 1 fully saturated rings. The summed E-state index contributed by atoms with van der Waals surface area (Å²) in [6.07, 6.45) is 1.26. The van der Waals surface area contributed by atoms with Crippen LogP contribution in [0.1, 0.15) is 40.7 Å². The lowest BCUT2D eigenvalue weighted by Gasteiger charge is -2.32. The summed E-state index contributed by atoms with van der Waals surface area (Å²) in [5.41, 5.74) is 7.42. The molecule has 164 valence electrons. The molecule has 0 amide bonds. The van der Waals surface area contributed by atoms with E-state index in [-0.39, 0.29) is 5.25 Å². The quantitative estimate of drug-likeness (QED) is 0.500. The molecule has 0 atom stereocenters. The van der Waals surface area contributed by atoms with Crippen molar-refractivity contribution in [2.75, 3.05) is 18.0 Å². The highest BCUT2D eigenvalue weighted by atomic mass is 32.2. The summed E-state index contributed by atoms with van der Waals surface area (Å²) in [5.74, 6) is 0. The van der Waals surface area contributed by atoms with E-state index < -0.39 is 9.84 Å². The van der Waals surface area contributed by atoms with Crippen molar-refractivity contribution < 1.29 is 8.42 Å². The van der Waals surface area contributed by atoms with E-state index in [1.165, 1.54) is 11.1 Å². The summed E-state index contributed by atoms with van der Waals surface area (Å²) in [6, 6.07) is 10.4. The van der Waals surface area contributed by atoms with Crippen LogP contribution in [0, 0.1) is 34.6 Å². The minimum absolute atomic E-state index is 0.331. The first-order chi connectivity index (χ1) is 14.6. The Labute approximate surface area is 189 Å². The lowest BCUT2D eigenvalue weighted by molar-refractivity contribution is 0.528. The van der Waals surface area contributed by atoms with Crippen LogP contribution in [-0.4, -0.2) is 31.7 Å². The van der Waals surface area contributed by atoms with Gasteiger partial charge in [-0.25, -0.2) is 13.4 Å². The van der Waals surface area contributed by atoms with Crippen molar-refractivity contribution >= 4 is 26.3 Å². The molecule has 0 N–H and O–H groups in total. The van der Waals surface area contributed by atoms with E-state index in [9.17, 15) is 8.42 Å². The van der Waals surface area contributed by atoms with Crippen molar-refractivity contribution in [1.82, 2.24) is 4.98 Å². The van der Waals surface area contributed by atoms with Gasteiger partial charge in [-0.1, -0.05) is 34.9 Å². The lowest BCUT2D eigenvalue weighted by Crippen LogP contribution is -2.39. The number of piperidine rings is 1. The number of anilines is 1. The van der Waals surface area contributed by atoms with Crippen molar-refractivity contribution in [3.8, 4) is 11.3 Å². The maximum atomic E-state index is 13.4. The van der Waals surface area contributed by atoms with Crippen molar-refractivity contribution in [1.29, 1.82) is 0 Å². The molecule has 4 rings (SSSR count). The Morgan fingerprint density at radius 2 is 1.42 bits per heavy atom. The maximum Gasteiger partial charge on any atom is 0.185 e. The number of sulfone groups is 1. The molecule has 0 unspecified atom stereocenters. The van der Waals surface area contributed by atoms with E-state index >= 15 is 0 Å². The second kappa shape index (κ2) is 8.40. The minimum atomic E-state index is -3.34. The first kappa shape index (κ1) is 22.0. The summed E-state index contributed by atoms with van der Waals surface area (Å²) in [5, 5.41) is 2.75. The average molecular weight is 455 g/mol. The number of aromatic nitrogens is 1. The van der Waals surface area contributed by atoms with Gasteiger partial charge in [0.25, 0.3) is 0 Å². The van der Waals surface area contributed by atoms with E-state index in [4.69, 9.17) is 4.98 Å². The lowest BCUT2D eigenvalue weighted by atomic mass is 10.1. The molecule has 2 aromatic carbocycles. The fourth-order valence-electron chi connectivity index (χ4n) is 4.80. The molecular formula is C25H30N2O2S2. The van der Waals surface area contributed by atoms with Gasteiger partial charge in [0.1, 0.15) is 0 Å². The standard InChI is InChI=1S/C25H30N2O2S2/c1-16-10-17(2)14-21(13-16)23-15-30-25(26-23)27-8-6-22(7-9-27)31(28,29)24-19(4)11-18(3)12-20(24)5/h10-15,22H,6-9H2,1-5H3. The van der Waals surface area contributed by atoms with Crippen LogP contribution in [-0.2, 0) is 9.84 Å². The Balaban J connectivity index is 1.50. The molecule has 1 aromatic heterocycles. The van der Waals surface area contributed by atoms with Crippen LogP contribution in [0.3, 0.4) is 0 Å². The van der Waals surface area contributed by atoms with Gasteiger partial charge in [0.15, 0.2) is 15.0 Å². The second-order valence-electron chi connectivity index (χ2n) is 8.85. The molecule has 1 aliphatic heterocycles. The highest BCUT2D eigenvalue weighted by Gasteiger charge is 2.34. The van der Waals surface area contributed by atoms with Crippen LogP contribution < -0.4 is 4.90 Å². The average Bonchev–Trinajstić information content (AvgIpc) is 3.16. The maximum absolute atomic E-state index is 13.4. The van der Waals surface area contributed by atoms with Crippen LogP contribution in [0.5, 0.6) is 0 Å². The zero-order valence-electron chi connectivity index (χ0n) is 18.9. The van der Waals surface area contributed by atoms with Gasteiger partial charge in [-0.2, -0.15) is 0 Å². The van der Waals surface area contributed by atoms with E-state index in [1.54, 1.807) is 11.3 Å². The van der Waals surface area contributed by atoms with E-state index in [0.29, 0.717) is 30.8 Å². The number of hydrogen-bond donors (Lipinski definition) is 0. The van der Waals surface area contributed by atoms with Gasteiger partial charge in [0.05, 0.1) is 15.8 Å². The van der Waals surface area contributed by atoms with Crippen molar-refractivity contribution in [2.24, 2.45) is 0 Å². The van der Waals surface area contributed by atoms with Gasteiger partial charge in [-0.3, -0.25) is 0 Å². The van der Waals surface area contributed by atoms with Crippen LogP contribution in [0.15, 0.2) is 40.6 Å². The van der Waals surface area contributed by atoms with Crippen molar-refractivity contribution in [3.63, 3.8) is 0 Å². The van der Waals surface area contributed by atoms with Gasteiger partial charge in [0, 0.05) is 24.0 Å². The van der Waals surface area contributed by atoms with Gasteiger partial charge in [-0.15, -0.1) is 11.3 Å². The molecule has 4 nitrogen and oxygen atoms in total. The topological polar surface area (TPSA) is 50.3 Å². The van der Waals surface area contributed by atoms with E-state index in [1.807, 2.05) is 32.9 Å². The summed E-state index contributed by atoms with van der Waals surface area (Å²) in [4.78, 5) is 7.63. The number of aryl methyl sites for hydroxylation is 5. The molecule has 0 aliphatic carbocycles. The van der Waals surface area contributed by atoms with E-state index in [0.717, 1.165) is 33.1 Å². The SMILES string of the molecule is Cc1cc(C)cc(-c2csc(N3CCC(S(=O)(=O)c4c(C)cc(C)cc4C)CC3)n2)c1. The van der Waals surface area contributed by atoms with Crippen molar-refractivity contribution in [2.45, 2.75) is 57.6 Å². The third-order valence-electron chi connectivity index (χ3n) is 6.05. The number of hydrogen-bond acceptors (Lipinski definition) is 5. The highest BCUT2D eigenvalue weighted by Crippen LogP contribution is 2.34. The molecule has 3 aromatic rings. The molecule has 1 saturated heterocycles. The number of thiazole rings is 1. The first-order valence-electron chi connectivity index (χ1n) is 10.8. The molecule has 1 aliphatic rings. The smallest absolute Gasteiger partial charge is 0.185 e. The number of nitrogens with zero attached hydrogens (tertiary/aromatic N) is 2. The predicted octanol–water partition coefficient (Wildman–Crippen LogP) is 5.79. The third-order valence-corrected chi connectivity index (χ3v) is 9.51. The van der Waals surface area contributed by atoms with Gasteiger partial charge < -0.3 is 4.90 Å². The fourth-order valence-corrected chi connectivity index (χ4v) is 7.87. The second-order valence-corrected chi connectivity index (χ2v) is 11.9. The molecule has 0 spiro atoms. The summed E-state index contributed by atoms with van der Waals surface area (Å²) in [6.45, 7) is 11.5. The van der Waals surface area contributed by atoms with Crippen LogP contribution >= 0.6 is 11.3 Å². The minimum Gasteiger partial charge on any atom is -0.348 e. The monoisotopic (exact) mass is 454 g/mol. The highest BCUT2D eigenvalue weighted by molar-refractivity contribution is 7.92. The van der Waals surface area contributed by atoms with Gasteiger partial charge >= 0.3 is 0 Å². The first-order valence-corrected chi connectivity index (χ1v) is 13.2. The molecule has 0 saturated carbocycles. The zero-order valence-corrected chi connectivity index (χ0v) is 20.5. The largest absolute Gasteiger partial charge is 0.348 e. The van der Waals surface area contributed by atoms with E-state index in [2.05, 4.69) is 42.3 Å². The summed E-state index contributed by atoms with van der Waals surface area (Å²) < 4.78 is 26.8. The molecular weight excluding hydrogens is 424 g/mol. The Morgan fingerprint density at radius 3 is 2.00 bits per heavy atom. The van der Waals surface area contributed by atoms with Crippen LogP contribution in [0.4, 0.5) is 5.13 Å². The molecule has 6 heteroatoms. The van der Waals surface area contributed by atoms with Crippen molar-refractivity contribution in [3.05, 3.63) is 63.5 Å². The Hall–Kier alpha value is -2.18. The van der Waals surface area contributed by atoms with Crippen LogP contribution in [0.2, 0.25) is 0 Å². The Bertz CT molecular complexity index is 1180. The Kier molecular flexibility index (Phi) is 5.97. The van der Waals surface area contributed by atoms with Gasteiger partial charge in [0.2, 0.25) is 0 Å². The fraction of sp³-hybridized carbons (Fsp3) is 0.400. The Morgan fingerprint density at radius 1 is 0.871 bits per heavy atom. The summed E-state index contributed by atoms with van der Waals surface area (Å²) in [7, 11) is -3.34. The number of benzene rings is 2. The summed E-state index contributed by atoms with van der Waals surface area (Å²) >= 11 is 1.64. The molecule has 0 bridgehead atoms. The third kappa shape index (κ3) is 4.41. The normalized spacial score (nSPS) is 15.5. The molecule has 2 heterocycles. The van der Waals surface area contributed by atoms with Crippen LogP contribution in [0.25, 0.3) is 11.3 Å². The zero-order chi connectivity index (χ0) is 22.3. The number of rotatable bonds is 4. The van der Waals surface area contributed by atoms with Gasteiger partial charge in [-0.05, 0) is 70.7 Å². The molecule has 31 heavy (non-hydrogen) atoms. The molecule has 0 radical (unpaired) electrons.